The highest BCUT2D eigenvalue weighted by Crippen LogP contribution is 2.19. The van der Waals surface area contributed by atoms with Crippen LogP contribution in [0.1, 0.15) is 22.8 Å². The van der Waals surface area contributed by atoms with Gasteiger partial charge in [-0.3, -0.25) is 9.59 Å². The van der Waals surface area contributed by atoms with Gasteiger partial charge in [-0.25, -0.2) is 0 Å². The lowest BCUT2D eigenvalue weighted by Gasteiger charge is -2.09. The summed E-state index contributed by atoms with van der Waals surface area (Å²) in [6.45, 7) is 4.38. The first-order valence-electron chi connectivity index (χ1n) is 6.29. The molecule has 20 heavy (non-hydrogen) atoms. The summed E-state index contributed by atoms with van der Waals surface area (Å²) in [4.78, 5) is 23.7. The fraction of sp³-hybridized carbons (Fsp3) is 0.200. The van der Waals surface area contributed by atoms with Crippen LogP contribution < -0.4 is 10.9 Å². The average Bonchev–Trinajstić information content (AvgIpc) is 2.43. The third-order valence-corrected chi connectivity index (χ3v) is 3.64. The minimum atomic E-state index is -0.207. The lowest BCUT2D eigenvalue weighted by molar-refractivity contribution is 0.102. The summed E-state index contributed by atoms with van der Waals surface area (Å²) in [6, 6.07) is 8.64. The molecule has 1 N–H and O–H groups in total. The van der Waals surface area contributed by atoms with Crippen molar-refractivity contribution in [3.8, 4) is 0 Å². The number of benzene rings is 1. The van der Waals surface area contributed by atoms with E-state index < -0.39 is 0 Å². The first-order valence-corrected chi connectivity index (χ1v) is 7.08. The van der Waals surface area contributed by atoms with Crippen molar-refractivity contribution in [2.75, 3.05) is 5.32 Å². The Kier molecular flexibility index (Phi) is 4.39. The summed E-state index contributed by atoms with van der Waals surface area (Å²) < 4.78 is 2.28. The quantitative estimate of drug-likeness (QED) is 0.937. The number of nitrogens with one attached hydrogen (secondary N) is 1. The van der Waals surface area contributed by atoms with Crippen molar-refractivity contribution in [3.63, 3.8) is 0 Å². The van der Waals surface area contributed by atoms with E-state index in [4.69, 9.17) is 0 Å². The summed E-state index contributed by atoms with van der Waals surface area (Å²) in [5.41, 5.74) is 2.10. The number of nitrogens with zero attached hydrogens (tertiary/aromatic N) is 1. The number of rotatable bonds is 3. The van der Waals surface area contributed by atoms with Crippen LogP contribution in [0.5, 0.6) is 0 Å². The molecule has 0 radical (unpaired) electrons. The molecule has 0 aliphatic carbocycles. The Morgan fingerprint density at radius 1 is 1.30 bits per heavy atom. The van der Waals surface area contributed by atoms with Gasteiger partial charge in [0.05, 0.1) is 11.3 Å². The third-order valence-electron chi connectivity index (χ3n) is 2.95. The number of hydrogen-bond acceptors (Lipinski definition) is 2. The second-order valence-electron chi connectivity index (χ2n) is 4.48. The number of carbonyl (C=O) groups excluding carboxylic acids is 1. The van der Waals surface area contributed by atoms with Crippen LogP contribution in [0.4, 0.5) is 5.69 Å². The smallest absolute Gasteiger partial charge is 0.256 e. The lowest BCUT2D eigenvalue weighted by Crippen LogP contribution is -2.20. The maximum absolute atomic E-state index is 12.2. The van der Waals surface area contributed by atoms with Crippen LogP contribution in [0.25, 0.3) is 0 Å². The van der Waals surface area contributed by atoms with Gasteiger partial charge in [0.2, 0.25) is 0 Å². The molecule has 0 aliphatic heterocycles. The fourth-order valence-electron chi connectivity index (χ4n) is 1.86. The van der Waals surface area contributed by atoms with E-state index in [2.05, 4.69) is 21.2 Å². The van der Waals surface area contributed by atoms with E-state index in [1.807, 2.05) is 32.0 Å². The summed E-state index contributed by atoms with van der Waals surface area (Å²) in [5.74, 6) is -0.207. The summed E-state index contributed by atoms with van der Waals surface area (Å²) in [5, 5.41) is 2.80. The van der Waals surface area contributed by atoms with E-state index in [9.17, 15) is 9.59 Å². The molecule has 5 heteroatoms. The normalized spacial score (nSPS) is 10.3. The summed E-state index contributed by atoms with van der Waals surface area (Å²) in [7, 11) is 0. The molecule has 0 aliphatic rings. The molecule has 2 aromatic rings. The number of carbonyl (C=O) groups is 1. The van der Waals surface area contributed by atoms with Crippen LogP contribution in [0, 0.1) is 6.92 Å². The van der Waals surface area contributed by atoms with E-state index in [1.54, 1.807) is 16.8 Å². The van der Waals surface area contributed by atoms with Crippen molar-refractivity contribution in [3.05, 3.63) is 62.5 Å². The number of aromatic nitrogens is 1. The van der Waals surface area contributed by atoms with Gasteiger partial charge in [0.1, 0.15) is 0 Å². The Bertz CT molecular complexity index is 707. The predicted octanol–water partition coefficient (Wildman–Crippen LogP) is 3.19. The molecule has 1 aromatic heterocycles. The Labute approximate surface area is 125 Å². The standard InChI is InChI=1S/C15H15BrN2O2/c1-3-18-9-11(5-7-14(18)19)17-15(20)12-8-10(2)4-6-13(12)16/h4-9H,3H2,1-2H3,(H,17,20). The van der Waals surface area contributed by atoms with Crippen LogP contribution in [0.15, 0.2) is 45.8 Å². The molecule has 2 rings (SSSR count). The third kappa shape index (κ3) is 3.17. The first-order chi connectivity index (χ1) is 9.51. The largest absolute Gasteiger partial charge is 0.321 e. The van der Waals surface area contributed by atoms with E-state index in [1.165, 1.54) is 6.07 Å². The molecule has 1 aromatic carbocycles. The predicted molar refractivity (Wildman–Crippen MR) is 83.2 cm³/mol. The number of aryl methyl sites for hydroxylation is 2. The van der Waals surface area contributed by atoms with Crippen molar-refractivity contribution in [2.45, 2.75) is 20.4 Å². The van der Waals surface area contributed by atoms with E-state index in [0.29, 0.717) is 17.8 Å². The zero-order chi connectivity index (χ0) is 14.7. The van der Waals surface area contributed by atoms with Gasteiger partial charge in [-0.1, -0.05) is 11.6 Å². The van der Waals surface area contributed by atoms with Gasteiger partial charge < -0.3 is 9.88 Å². The highest BCUT2D eigenvalue weighted by Gasteiger charge is 2.11. The second kappa shape index (κ2) is 6.05. The minimum absolute atomic E-state index is 0.0813. The van der Waals surface area contributed by atoms with Gasteiger partial charge in [-0.15, -0.1) is 0 Å². The maximum atomic E-state index is 12.2. The second-order valence-corrected chi connectivity index (χ2v) is 5.33. The first kappa shape index (κ1) is 14.5. The highest BCUT2D eigenvalue weighted by atomic mass is 79.9. The van der Waals surface area contributed by atoms with Crippen molar-refractivity contribution < 1.29 is 4.79 Å². The molecule has 0 spiro atoms. The van der Waals surface area contributed by atoms with Gasteiger partial charge >= 0.3 is 0 Å². The highest BCUT2D eigenvalue weighted by molar-refractivity contribution is 9.10. The average molecular weight is 335 g/mol. The molecule has 0 fully saturated rings. The van der Waals surface area contributed by atoms with Gasteiger partial charge in [-0.2, -0.15) is 0 Å². The molecule has 1 amide bonds. The topological polar surface area (TPSA) is 51.1 Å². The van der Waals surface area contributed by atoms with E-state index in [-0.39, 0.29) is 11.5 Å². The van der Waals surface area contributed by atoms with E-state index >= 15 is 0 Å². The fourth-order valence-corrected chi connectivity index (χ4v) is 2.29. The zero-order valence-corrected chi connectivity index (χ0v) is 12.9. The van der Waals surface area contributed by atoms with Crippen LogP contribution in [0.2, 0.25) is 0 Å². The number of anilines is 1. The van der Waals surface area contributed by atoms with Crippen molar-refractivity contribution >= 4 is 27.5 Å². The van der Waals surface area contributed by atoms with Crippen LogP contribution >= 0.6 is 15.9 Å². The zero-order valence-electron chi connectivity index (χ0n) is 11.3. The van der Waals surface area contributed by atoms with Crippen LogP contribution in [0.3, 0.4) is 0 Å². The van der Waals surface area contributed by atoms with E-state index in [0.717, 1.165) is 10.0 Å². The lowest BCUT2D eigenvalue weighted by atomic mass is 10.1. The van der Waals surface area contributed by atoms with Crippen molar-refractivity contribution in [1.82, 2.24) is 4.57 Å². The van der Waals surface area contributed by atoms with Gasteiger partial charge in [0.25, 0.3) is 11.5 Å². The molecular formula is C15H15BrN2O2. The molecule has 4 nitrogen and oxygen atoms in total. The van der Waals surface area contributed by atoms with Crippen LogP contribution in [-0.2, 0) is 6.54 Å². The molecule has 0 saturated carbocycles. The molecule has 1 heterocycles. The SMILES string of the molecule is CCn1cc(NC(=O)c2cc(C)ccc2Br)ccc1=O. The van der Waals surface area contributed by atoms with Crippen LogP contribution in [-0.4, -0.2) is 10.5 Å². The van der Waals surface area contributed by atoms with Crippen molar-refractivity contribution in [1.29, 1.82) is 0 Å². The molecule has 0 unspecified atom stereocenters. The molecular weight excluding hydrogens is 320 g/mol. The Morgan fingerprint density at radius 3 is 2.75 bits per heavy atom. The Morgan fingerprint density at radius 2 is 2.05 bits per heavy atom. The monoisotopic (exact) mass is 334 g/mol. The molecule has 0 saturated heterocycles. The Hall–Kier alpha value is -1.88. The number of halogens is 1. The van der Waals surface area contributed by atoms with Gasteiger partial charge in [0.15, 0.2) is 0 Å². The summed E-state index contributed by atoms with van der Waals surface area (Å²) >= 11 is 3.37. The molecule has 104 valence electrons. The number of pyridine rings is 1. The number of amides is 1. The number of hydrogen-bond donors (Lipinski definition) is 1. The summed E-state index contributed by atoms with van der Waals surface area (Å²) in [6.07, 6.45) is 1.64. The Balaban J connectivity index is 2.28. The van der Waals surface area contributed by atoms with Gasteiger partial charge in [-0.05, 0) is 48.0 Å². The van der Waals surface area contributed by atoms with Crippen molar-refractivity contribution in [2.24, 2.45) is 0 Å². The molecule has 0 bridgehead atoms. The maximum Gasteiger partial charge on any atom is 0.256 e. The minimum Gasteiger partial charge on any atom is -0.321 e. The van der Waals surface area contributed by atoms with Gasteiger partial charge in [0, 0.05) is 23.3 Å². The molecule has 0 atom stereocenters.